The van der Waals surface area contributed by atoms with E-state index in [0.717, 1.165) is 82.6 Å². The number of carbonyl (C=O) groups is 6. The molecule has 2 aliphatic carbocycles. The molecule has 10 atom stereocenters. The number of quaternary nitrogens is 1. The van der Waals surface area contributed by atoms with Crippen LogP contribution in [0.15, 0.2) is 130 Å². The van der Waals surface area contributed by atoms with Crippen LogP contribution in [0.2, 0.25) is 0 Å². The molecule has 6 amide bonds. The summed E-state index contributed by atoms with van der Waals surface area (Å²) in [5.41, 5.74) is 9.11. The third-order valence-corrected chi connectivity index (χ3v) is 26.4. The highest BCUT2D eigenvalue weighted by atomic mass is 32.3. The highest BCUT2D eigenvalue weighted by Crippen LogP contribution is 2.53. The molecule has 654 valence electrons. The van der Waals surface area contributed by atoms with Gasteiger partial charge in [-0.25, -0.2) is 9.48 Å². The van der Waals surface area contributed by atoms with Crippen molar-refractivity contribution in [1.82, 2.24) is 45.2 Å². The maximum absolute atomic E-state index is 14.2. The zero-order valence-corrected chi connectivity index (χ0v) is 71.3. The number of methoxy groups -OCH3 is 2. The summed E-state index contributed by atoms with van der Waals surface area (Å²) in [5, 5.41) is 60.4. The number of nitrogens with one attached hydrogen (secondary N) is 2. The van der Waals surface area contributed by atoms with Gasteiger partial charge in [-0.15, -0.1) is 36.2 Å². The van der Waals surface area contributed by atoms with E-state index in [9.17, 15) is 57.6 Å². The number of nitrogens with zero attached hydrogens (tertiary/aromatic N) is 10. The third kappa shape index (κ3) is 19.6. The Bertz CT molecular complexity index is 5380. The van der Waals surface area contributed by atoms with Crippen LogP contribution in [0.5, 0.6) is 40.2 Å². The summed E-state index contributed by atoms with van der Waals surface area (Å²) in [6.45, 7) is 3.64. The van der Waals surface area contributed by atoms with Crippen molar-refractivity contribution in [3.05, 3.63) is 191 Å². The van der Waals surface area contributed by atoms with Gasteiger partial charge in [0.05, 0.1) is 107 Å². The maximum Gasteiger partial charge on any atom is 0.501 e. The Morgan fingerprint density at radius 3 is 1.85 bits per heavy atom. The van der Waals surface area contributed by atoms with Crippen LogP contribution in [0.1, 0.15) is 98.4 Å². The van der Waals surface area contributed by atoms with Gasteiger partial charge >= 0.3 is 16.5 Å². The number of amides is 6. The van der Waals surface area contributed by atoms with Crippen molar-refractivity contribution in [1.29, 1.82) is 0 Å². The molecule has 8 aliphatic rings. The van der Waals surface area contributed by atoms with Gasteiger partial charge in [-0.1, -0.05) is 5.21 Å². The molecule has 5 aromatic carbocycles. The number of aliphatic hydroxyl groups excluding tert-OH is 4. The molecular formula is C87H97N12O22S3+. The summed E-state index contributed by atoms with van der Waals surface area (Å²) in [5.74, 6) is -0.351. The first-order chi connectivity index (χ1) is 59.8. The number of hydrogen-bond acceptors (Lipinski definition) is 29. The standard InChI is InChI=1S/C87H96N12O22S3/c1-94(22-24-95-78(101)16-17-79(95)102)23-25-98-68-14-12-61-60(11-13-65(68)92-93-98)64(61)49-117-87(109)89-21-27-114-26-20-88-83(106)54-8-15-69(118-86-82(105)81(104)80(103)75(46-100)119-86)74(33-54)121-124(110,111)120-59-9-6-50(7-10-59)44-99(2,3)45-51-30-52(47-115-72-38-66-62(36-70(72)112-4)84(107)96-42-55-18-28-122-76(55)34-57(96)40-90-66)32-53(31-51)48-116-73-39-67-63(37-71(73)113-5)85(108)97-43-56-19-29-123-77(56)35-58(97)41-91-67/h6-10,15-19,28-33,36-41,57-58,60-61,64,75,80-82,86,100,103-105H,11-14,20-27,34-35,42-49H2,1-5H3,(H-,88,89,106,109)/p+1/t57-,58-,60+,61-,64?,75+,80-,81-,82+,86?/m0/s1. The molecule has 1 saturated carbocycles. The number of carbonyl (C=O) groups excluding carboxylic acids is 6. The van der Waals surface area contributed by atoms with Crippen LogP contribution in [0.25, 0.3) is 0 Å². The summed E-state index contributed by atoms with van der Waals surface area (Å²) in [7, 11) is 3.94. The van der Waals surface area contributed by atoms with Gasteiger partial charge < -0.3 is 96.5 Å². The topological polar surface area (TPSA) is 402 Å². The summed E-state index contributed by atoms with van der Waals surface area (Å²) >= 11 is 3.35. The number of benzene rings is 5. The Balaban J connectivity index is 0.539. The molecular weight excluding hydrogens is 1660 g/mol. The lowest BCUT2D eigenvalue weighted by atomic mass is 9.99. The van der Waals surface area contributed by atoms with E-state index in [0.29, 0.717) is 127 Å². The van der Waals surface area contributed by atoms with Crippen LogP contribution < -0.4 is 42.7 Å². The second-order valence-corrected chi connectivity index (χ2v) is 35.7. The Morgan fingerprint density at radius 1 is 0.653 bits per heavy atom. The Kier molecular flexibility index (Phi) is 26.0. The summed E-state index contributed by atoms with van der Waals surface area (Å²) in [6.07, 6.45) is 1.60. The van der Waals surface area contributed by atoms with Crippen molar-refractivity contribution in [3.8, 4) is 40.2 Å². The number of aliphatic hydroxyl groups is 4. The normalized spacial score (nSPS) is 21.7. The Hall–Kier alpha value is -11.2. The van der Waals surface area contributed by atoms with E-state index in [1.165, 1.54) is 59.2 Å². The number of imide groups is 1. The largest absolute Gasteiger partial charge is 0.501 e. The van der Waals surface area contributed by atoms with E-state index in [2.05, 4.69) is 38.0 Å². The van der Waals surface area contributed by atoms with E-state index in [1.54, 1.807) is 59.1 Å². The molecule has 0 bridgehead atoms. The summed E-state index contributed by atoms with van der Waals surface area (Å²) in [6, 6.07) is 26.3. The Morgan fingerprint density at radius 2 is 1.24 bits per heavy atom. The summed E-state index contributed by atoms with van der Waals surface area (Å²) in [4.78, 5) is 98.1. The fourth-order valence-corrected chi connectivity index (χ4v) is 19.7. The quantitative estimate of drug-likeness (QED) is 0.0141. The zero-order chi connectivity index (χ0) is 86.7. The number of aliphatic imine (C=N–C) groups is 2. The smallest absolute Gasteiger partial charge is 0.493 e. The van der Waals surface area contributed by atoms with Gasteiger partial charge in [-0.05, 0) is 168 Å². The van der Waals surface area contributed by atoms with Gasteiger partial charge in [-0.3, -0.25) is 38.9 Å². The highest BCUT2D eigenvalue weighted by molar-refractivity contribution is 7.82. The molecule has 9 heterocycles. The van der Waals surface area contributed by atoms with Crippen LogP contribution in [0, 0.1) is 17.8 Å². The molecule has 124 heavy (non-hydrogen) atoms. The molecule has 37 heteroatoms. The van der Waals surface area contributed by atoms with Gasteiger partial charge in [0.1, 0.15) is 56.5 Å². The van der Waals surface area contributed by atoms with Crippen molar-refractivity contribution >= 4 is 92.5 Å². The molecule has 1 saturated heterocycles. The minimum atomic E-state index is -5.10. The lowest BCUT2D eigenvalue weighted by Crippen LogP contribution is -2.60. The van der Waals surface area contributed by atoms with E-state index >= 15 is 0 Å². The second-order valence-electron chi connectivity index (χ2n) is 32.6. The van der Waals surface area contributed by atoms with Crippen molar-refractivity contribution < 1.29 is 108 Å². The molecule has 0 radical (unpaired) electrons. The summed E-state index contributed by atoms with van der Waals surface area (Å²) < 4.78 is 89.1. The number of hydrogen-bond donors (Lipinski definition) is 6. The average Bonchev–Trinajstić information content (AvgIpc) is 1.58. The zero-order valence-electron chi connectivity index (χ0n) is 68.9. The molecule has 0 spiro atoms. The van der Waals surface area contributed by atoms with Crippen LogP contribution in [-0.4, -0.2) is 253 Å². The number of aromatic nitrogens is 3. The molecule has 16 rings (SSSR count). The number of fused-ring (bicyclic) bond motifs is 8. The van der Waals surface area contributed by atoms with Crippen LogP contribution in [0.3, 0.4) is 0 Å². The lowest BCUT2D eigenvalue weighted by Gasteiger charge is -2.39. The van der Waals surface area contributed by atoms with Gasteiger partial charge in [0, 0.05) is 122 Å². The predicted molar refractivity (Wildman–Crippen MR) is 451 cm³/mol. The fraction of sp³-hybridized carbons (Fsp3) is 0.425. The Labute approximate surface area is 723 Å². The monoisotopic (exact) mass is 1760 g/mol. The van der Waals surface area contributed by atoms with Crippen molar-refractivity contribution in [3.63, 3.8) is 0 Å². The van der Waals surface area contributed by atoms with E-state index < -0.39 is 71.2 Å². The number of thiophene rings is 2. The molecule has 6 N–H and O–H groups in total. The lowest BCUT2D eigenvalue weighted by molar-refractivity contribution is -0.916. The number of likely N-dealkylation sites (N-methyl/N-ethyl adjacent to an activating group) is 1. The number of alkyl carbamates (subject to hydrolysis) is 1. The fourth-order valence-electron chi connectivity index (χ4n) is 17.0. The first kappa shape index (κ1) is 86.3. The van der Waals surface area contributed by atoms with Gasteiger partial charge in [0.15, 0.2) is 34.5 Å². The van der Waals surface area contributed by atoms with Crippen LogP contribution in [-0.2, 0) is 106 Å². The highest BCUT2D eigenvalue weighted by Gasteiger charge is 2.51. The van der Waals surface area contributed by atoms with E-state index in [4.69, 9.17) is 56.2 Å². The first-order valence-electron chi connectivity index (χ1n) is 41.0. The number of aryl methyl sites for hydroxylation is 1. The van der Waals surface area contributed by atoms with Gasteiger partial charge in [-0.2, -0.15) is 0 Å². The van der Waals surface area contributed by atoms with Crippen LogP contribution in [0.4, 0.5) is 16.2 Å². The number of ether oxygens (including phenoxy) is 8. The van der Waals surface area contributed by atoms with Gasteiger partial charge in [0.2, 0.25) is 6.29 Å². The molecule has 34 nitrogen and oxygen atoms in total. The molecule has 2 fully saturated rings. The van der Waals surface area contributed by atoms with Crippen molar-refractivity contribution in [2.45, 2.75) is 127 Å². The first-order valence-corrected chi connectivity index (χ1v) is 44.1. The predicted octanol–water partition coefficient (Wildman–Crippen LogP) is 6.57. The van der Waals surface area contributed by atoms with E-state index in [1.807, 2.05) is 77.0 Å². The van der Waals surface area contributed by atoms with Crippen molar-refractivity contribution in [2.24, 2.45) is 27.7 Å². The second kappa shape index (κ2) is 37.3. The number of rotatable bonds is 34. The SMILES string of the molecule is COc1cc2c(cc1OCc1cc(COc3cc4c(cc3OC)C(=O)N3Cc5ccsc5C[C@H]3C=N4)cc(C[N+](C)(C)Cc3ccc(OS(=O)(=O)Oc4cc(C(=O)NCCOCCNC(=O)OCC5[C@H]6CCc7c(nnn7CCN(C)CCN7C(=O)C=CC7=O)CC[C@@H]56)ccc4OC4O[C@H](CO)[C@H](O)[C@H](O)[C@H]4O)cc3)c1)N=C[C@@H]1Cc3sccc3CN1C2=O. The molecule has 3 aromatic heterocycles. The minimum Gasteiger partial charge on any atom is -0.493 e. The molecule has 8 aromatic rings. The maximum atomic E-state index is 14.2. The molecule has 2 unspecified atom stereocenters. The van der Waals surface area contributed by atoms with Crippen LogP contribution >= 0.6 is 22.7 Å². The minimum absolute atomic E-state index is 0.00377. The molecule has 6 aliphatic heterocycles. The van der Waals surface area contributed by atoms with Crippen molar-refractivity contribution in [2.75, 3.05) is 94.5 Å². The van der Waals surface area contributed by atoms with Gasteiger partial charge in [0.25, 0.3) is 29.5 Å². The third-order valence-electron chi connectivity index (χ3n) is 23.6. The average molecular weight is 1760 g/mol. The van der Waals surface area contributed by atoms with E-state index in [-0.39, 0.29) is 99.1 Å².